The van der Waals surface area contributed by atoms with Crippen LogP contribution in [-0.4, -0.2) is 37.3 Å². The highest BCUT2D eigenvalue weighted by Crippen LogP contribution is 2.21. The zero-order valence-corrected chi connectivity index (χ0v) is 14.1. The Morgan fingerprint density at radius 3 is 2.05 bits per heavy atom. The molecule has 0 heterocycles. The van der Waals surface area contributed by atoms with E-state index in [1.54, 1.807) is 3.71 Å². The van der Waals surface area contributed by atoms with Crippen molar-refractivity contribution in [3.05, 3.63) is 35.4 Å². The molecule has 114 valence electrons. The van der Waals surface area contributed by atoms with Crippen molar-refractivity contribution in [3.63, 3.8) is 0 Å². The van der Waals surface area contributed by atoms with Crippen molar-refractivity contribution in [2.45, 2.75) is 13.8 Å². The number of carbonyl (C=O) groups is 2. The summed E-state index contributed by atoms with van der Waals surface area (Å²) in [6.45, 7) is 4.01. The fourth-order valence-electron chi connectivity index (χ4n) is 1.37. The van der Waals surface area contributed by atoms with Gasteiger partial charge in [-0.25, -0.2) is 8.51 Å². The van der Waals surface area contributed by atoms with E-state index < -0.39 is 5.97 Å². The quantitative estimate of drug-likeness (QED) is 0.607. The van der Waals surface area contributed by atoms with Gasteiger partial charge >= 0.3 is 5.97 Å². The monoisotopic (exact) mass is 344 g/mol. The third-order valence-electron chi connectivity index (χ3n) is 2.27. The van der Waals surface area contributed by atoms with Gasteiger partial charge in [0.25, 0.3) is 5.91 Å². The lowest BCUT2D eigenvalue weighted by Gasteiger charge is -2.21. The molecule has 21 heavy (non-hydrogen) atoms. The van der Waals surface area contributed by atoms with Crippen LogP contribution in [0.25, 0.3) is 0 Å². The number of benzene rings is 1. The first kappa shape index (κ1) is 17.8. The van der Waals surface area contributed by atoms with Crippen molar-refractivity contribution in [2.24, 2.45) is 0 Å². The lowest BCUT2D eigenvalue weighted by Crippen LogP contribution is -2.36. The number of nitrogens with one attached hydrogen (secondary N) is 1. The molecule has 0 spiro atoms. The maximum Gasteiger partial charge on any atom is 0.335 e. The molecule has 8 heteroatoms. The second-order valence-corrected chi connectivity index (χ2v) is 6.75. The molecule has 0 bridgehead atoms. The molecule has 0 saturated carbocycles. The molecule has 0 unspecified atom stereocenters. The number of carbonyl (C=O) groups excluding carboxylic acids is 1. The molecule has 0 saturated heterocycles. The number of rotatable bonds is 6. The number of thiocarbonyl (C=S) groups is 1. The van der Waals surface area contributed by atoms with Gasteiger partial charge in [0.05, 0.1) is 5.56 Å². The van der Waals surface area contributed by atoms with Crippen LogP contribution >= 0.6 is 36.1 Å². The van der Waals surface area contributed by atoms with E-state index in [1.165, 1.54) is 48.2 Å². The molecule has 0 atom stereocenters. The van der Waals surface area contributed by atoms with E-state index in [2.05, 4.69) is 5.32 Å². The fraction of sp³-hybridized carbons (Fsp3) is 0.308. The largest absolute Gasteiger partial charge is 0.478 e. The minimum atomic E-state index is -1.03. The second kappa shape index (κ2) is 8.91. The second-order valence-electron chi connectivity index (χ2n) is 3.73. The fourth-order valence-corrected chi connectivity index (χ4v) is 3.50. The summed E-state index contributed by atoms with van der Waals surface area (Å²) in [7, 11) is 0. The van der Waals surface area contributed by atoms with E-state index in [1.807, 2.05) is 13.8 Å². The average Bonchev–Trinajstić information content (AvgIpc) is 2.47. The first-order valence-electron chi connectivity index (χ1n) is 6.24. The molecule has 0 radical (unpaired) electrons. The molecule has 0 fully saturated rings. The molecule has 0 aliphatic heterocycles. The summed E-state index contributed by atoms with van der Waals surface area (Å²) in [6, 6.07) is 5.70. The van der Waals surface area contributed by atoms with Gasteiger partial charge in [-0.15, -0.1) is 0 Å². The van der Waals surface area contributed by atoms with Gasteiger partial charge < -0.3 is 5.11 Å². The Bertz CT molecular complexity index is 514. The van der Waals surface area contributed by atoms with E-state index in [0.717, 1.165) is 11.5 Å². The summed E-state index contributed by atoms with van der Waals surface area (Å²) >= 11 is 8.24. The van der Waals surface area contributed by atoms with E-state index in [-0.39, 0.29) is 11.5 Å². The molecule has 0 aliphatic rings. The van der Waals surface area contributed by atoms with Crippen LogP contribution in [0.1, 0.15) is 34.6 Å². The molecule has 0 aliphatic carbocycles. The number of hydrogen-bond donors (Lipinski definition) is 2. The van der Waals surface area contributed by atoms with Crippen molar-refractivity contribution in [3.8, 4) is 0 Å². The summed E-state index contributed by atoms with van der Waals surface area (Å²) in [6.07, 6.45) is 0. The van der Waals surface area contributed by atoms with Crippen LogP contribution in [0.4, 0.5) is 0 Å². The highest BCUT2D eigenvalue weighted by atomic mass is 32.2. The first-order chi connectivity index (χ1) is 9.99. The minimum Gasteiger partial charge on any atom is -0.478 e. The van der Waals surface area contributed by atoms with Crippen LogP contribution in [0.15, 0.2) is 24.3 Å². The van der Waals surface area contributed by atoms with E-state index in [0.29, 0.717) is 10.7 Å². The molecule has 1 aromatic rings. The number of hydrogen-bond acceptors (Lipinski definition) is 5. The summed E-state index contributed by atoms with van der Waals surface area (Å²) in [5.41, 5.74) is 0.504. The van der Waals surface area contributed by atoms with Gasteiger partial charge in [0, 0.05) is 17.1 Å². The maximum absolute atomic E-state index is 12.1. The van der Waals surface area contributed by atoms with Gasteiger partial charge in [0.2, 0.25) is 0 Å². The maximum atomic E-state index is 12.1. The highest BCUT2D eigenvalue weighted by molar-refractivity contribution is 8.13. The lowest BCUT2D eigenvalue weighted by molar-refractivity contribution is 0.0696. The predicted octanol–water partition coefficient (Wildman–Crippen LogP) is 3.04. The Labute approximate surface area is 137 Å². The van der Waals surface area contributed by atoms with Crippen LogP contribution in [-0.2, 0) is 0 Å². The molecule has 1 aromatic carbocycles. The van der Waals surface area contributed by atoms with Crippen molar-refractivity contribution in [2.75, 3.05) is 11.5 Å². The topological polar surface area (TPSA) is 69.6 Å². The Kier molecular flexibility index (Phi) is 7.55. The summed E-state index contributed by atoms with van der Waals surface area (Å²) in [5, 5.41) is 11.8. The van der Waals surface area contributed by atoms with Crippen LogP contribution in [0.5, 0.6) is 0 Å². The molecule has 5 nitrogen and oxygen atoms in total. The van der Waals surface area contributed by atoms with Crippen molar-refractivity contribution >= 4 is 53.1 Å². The van der Waals surface area contributed by atoms with Crippen LogP contribution < -0.4 is 5.32 Å². The number of aromatic carboxylic acids is 1. The molecule has 0 aromatic heterocycles. The molecule has 1 amide bonds. The van der Waals surface area contributed by atoms with Crippen LogP contribution in [0.3, 0.4) is 0 Å². The molecule has 1 rings (SSSR count). The highest BCUT2D eigenvalue weighted by Gasteiger charge is 2.14. The normalized spacial score (nSPS) is 10.0. The third-order valence-corrected chi connectivity index (χ3v) is 4.77. The van der Waals surface area contributed by atoms with Gasteiger partial charge in [0.15, 0.2) is 5.11 Å². The number of amides is 1. The zero-order chi connectivity index (χ0) is 15.8. The zero-order valence-electron chi connectivity index (χ0n) is 11.7. The first-order valence-corrected chi connectivity index (χ1v) is 8.53. The number of nitrogens with zero attached hydrogens (tertiary/aromatic N) is 1. The lowest BCUT2D eigenvalue weighted by atomic mass is 10.1. The average molecular weight is 344 g/mol. The summed E-state index contributed by atoms with van der Waals surface area (Å²) in [5.74, 6) is 0.310. The Morgan fingerprint density at radius 1 is 1.14 bits per heavy atom. The third kappa shape index (κ3) is 5.56. The van der Waals surface area contributed by atoms with Gasteiger partial charge in [-0.1, -0.05) is 13.8 Å². The van der Waals surface area contributed by atoms with Crippen molar-refractivity contribution in [1.29, 1.82) is 0 Å². The van der Waals surface area contributed by atoms with E-state index in [4.69, 9.17) is 17.3 Å². The van der Waals surface area contributed by atoms with Gasteiger partial charge in [-0.3, -0.25) is 10.1 Å². The van der Waals surface area contributed by atoms with Gasteiger partial charge in [-0.2, -0.15) is 0 Å². The molecule has 2 N–H and O–H groups in total. The predicted molar refractivity (Wildman–Crippen MR) is 91.6 cm³/mol. The number of carboxylic acid groups (broad SMARTS) is 1. The summed E-state index contributed by atoms with van der Waals surface area (Å²) in [4.78, 5) is 22.8. The van der Waals surface area contributed by atoms with Crippen molar-refractivity contribution in [1.82, 2.24) is 9.03 Å². The molecular formula is C13H16N2O3S3. The smallest absolute Gasteiger partial charge is 0.335 e. The minimum absolute atomic E-state index is 0.138. The van der Waals surface area contributed by atoms with Gasteiger partial charge in [0.1, 0.15) is 0 Å². The van der Waals surface area contributed by atoms with Crippen LogP contribution in [0.2, 0.25) is 0 Å². The Hall–Kier alpha value is -1.25. The Balaban J connectivity index is 2.70. The summed E-state index contributed by atoms with van der Waals surface area (Å²) < 4.78 is 1.79. The standard InChI is InChI=1S/C13H16N2O3S3/c1-3-20-15(21-4-2)13(19)14-11(16)9-5-7-10(8-6-9)12(17)18/h5-8H,3-4H2,1-2H3,(H,17,18)(H,14,16,19). The Morgan fingerprint density at radius 2 is 1.62 bits per heavy atom. The van der Waals surface area contributed by atoms with Crippen molar-refractivity contribution < 1.29 is 14.7 Å². The van der Waals surface area contributed by atoms with E-state index >= 15 is 0 Å². The molecular weight excluding hydrogens is 328 g/mol. The van der Waals surface area contributed by atoms with Gasteiger partial charge in [-0.05, 0) is 60.4 Å². The van der Waals surface area contributed by atoms with Crippen LogP contribution in [0, 0.1) is 0 Å². The number of carboxylic acids is 1. The SMILES string of the molecule is CCSN(SCC)C(=S)NC(=O)c1ccc(C(=O)O)cc1. The van der Waals surface area contributed by atoms with E-state index in [9.17, 15) is 9.59 Å².